The van der Waals surface area contributed by atoms with Gasteiger partial charge in [0.25, 0.3) is 5.91 Å². The molecule has 2 heterocycles. The van der Waals surface area contributed by atoms with Gasteiger partial charge in [0.1, 0.15) is 5.69 Å². The van der Waals surface area contributed by atoms with Crippen LogP contribution in [0.15, 0.2) is 0 Å². The van der Waals surface area contributed by atoms with E-state index in [0.29, 0.717) is 6.54 Å². The number of aromatic nitrogens is 2. The summed E-state index contributed by atoms with van der Waals surface area (Å²) in [5, 5.41) is 17.0. The number of nitrogens with zero attached hydrogens (tertiary/aromatic N) is 3. The molecule has 3 rings (SSSR count). The minimum Gasteiger partial charge on any atom is -0.395 e. The standard InChI is InChI=1S/C17H28N4O2/c1-20-16(14-7-2-3-8-15(14)19-20)17(23)18-9-11-21-10-5-4-6-13(21)12-22/h13,22H,2-12H2,1H3,(H,18,23)/t13-/m0/s1. The predicted octanol–water partition coefficient (Wildman–Crippen LogP) is 0.876. The predicted molar refractivity (Wildman–Crippen MR) is 88.5 cm³/mol. The second kappa shape index (κ2) is 7.45. The van der Waals surface area contributed by atoms with Gasteiger partial charge in [0.05, 0.1) is 12.3 Å². The highest BCUT2D eigenvalue weighted by molar-refractivity contribution is 5.94. The Hall–Kier alpha value is -1.40. The molecule has 0 unspecified atom stereocenters. The molecule has 0 spiro atoms. The average Bonchev–Trinajstić information content (AvgIpc) is 2.91. The van der Waals surface area contributed by atoms with E-state index in [1.54, 1.807) is 4.68 Å². The van der Waals surface area contributed by atoms with Crippen LogP contribution in [0.1, 0.15) is 53.8 Å². The molecular weight excluding hydrogens is 292 g/mol. The number of amides is 1. The highest BCUT2D eigenvalue weighted by atomic mass is 16.3. The number of rotatable bonds is 5. The molecule has 6 heteroatoms. The summed E-state index contributed by atoms with van der Waals surface area (Å²) in [6.45, 7) is 2.65. The Balaban J connectivity index is 1.56. The summed E-state index contributed by atoms with van der Waals surface area (Å²) in [6.07, 6.45) is 7.69. The Morgan fingerprint density at radius 3 is 2.96 bits per heavy atom. The Kier molecular flexibility index (Phi) is 5.33. The van der Waals surface area contributed by atoms with Crippen LogP contribution < -0.4 is 5.32 Å². The van der Waals surface area contributed by atoms with Gasteiger partial charge in [-0.3, -0.25) is 14.4 Å². The molecule has 1 fully saturated rings. The van der Waals surface area contributed by atoms with Crippen molar-refractivity contribution in [1.29, 1.82) is 0 Å². The SMILES string of the molecule is Cn1nc2c(c1C(=O)NCCN1CCCC[C@H]1CO)CCCC2. The number of nitrogens with one attached hydrogen (secondary N) is 1. The lowest BCUT2D eigenvalue weighted by Gasteiger charge is -2.34. The minimum absolute atomic E-state index is 0.0132. The van der Waals surface area contributed by atoms with Crippen LogP contribution in [0, 0.1) is 0 Å². The molecule has 1 aliphatic carbocycles. The highest BCUT2D eigenvalue weighted by Gasteiger charge is 2.24. The Labute approximate surface area is 137 Å². The van der Waals surface area contributed by atoms with E-state index in [0.717, 1.165) is 55.7 Å². The molecule has 0 aromatic carbocycles. The second-order valence-electron chi connectivity index (χ2n) is 6.73. The smallest absolute Gasteiger partial charge is 0.269 e. The van der Waals surface area contributed by atoms with E-state index >= 15 is 0 Å². The third-order valence-corrected chi connectivity index (χ3v) is 5.18. The normalized spacial score (nSPS) is 21.9. The molecule has 1 aliphatic heterocycles. The number of fused-ring (bicyclic) bond motifs is 1. The summed E-state index contributed by atoms with van der Waals surface area (Å²) in [5.41, 5.74) is 2.97. The topological polar surface area (TPSA) is 70.4 Å². The zero-order valence-corrected chi connectivity index (χ0v) is 14.1. The van der Waals surface area contributed by atoms with Crippen molar-refractivity contribution in [1.82, 2.24) is 20.0 Å². The van der Waals surface area contributed by atoms with Crippen LogP contribution in [0.25, 0.3) is 0 Å². The lowest BCUT2D eigenvalue weighted by atomic mass is 9.95. The van der Waals surface area contributed by atoms with Crippen molar-refractivity contribution in [3.05, 3.63) is 17.0 Å². The monoisotopic (exact) mass is 320 g/mol. The summed E-state index contributed by atoms with van der Waals surface area (Å²) >= 11 is 0. The first kappa shape index (κ1) is 16.5. The van der Waals surface area contributed by atoms with Crippen LogP contribution >= 0.6 is 0 Å². The van der Waals surface area contributed by atoms with Crippen LogP contribution in [0.2, 0.25) is 0 Å². The fraction of sp³-hybridized carbons (Fsp3) is 0.765. The number of piperidine rings is 1. The van der Waals surface area contributed by atoms with Crippen molar-refractivity contribution >= 4 is 5.91 Å². The second-order valence-corrected chi connectivity index (χ2v) is 6.73. The molecule has 0 bridgehead atoms. The average molecular weight is 320 g/mol. The van der Waals surface area contributed by atoms with Gasteiger partial charge in [0.2, 0.25) is 0 Å². The van der Waals surface area contributed by atoms with E-state index in [2.05, 4.69) is 15.3 Å². The van der Waals surface area contributed by atoms with Crippen molar-refractivity contribution in [3.63, 3.8) is 0 Å². The number of hydrogen-bond acceptors (Lipinski definition) is 4. The molecule has 23 heavy (non-hydrogen) atoms. The van der Waals surface area contributed by atoms with Crippen molar-refractivity contribution < 1.29 is 9.90 Å². The molecule has 2 N–H and O–H groups in total. The number of hydrogen-bond donors (Lipinski definition) is 2. The van der Waals surface area contributed by atoms with Gasteiger partial charge in [-0.1, -0.05) is 6.42 Å². The van der Waals surface area contributed by atoms with E-state index in [1.807, 2.05) is 7.05 Å². The number of likely N-dealkylation sites (tertiary alicyclic amines) is 1. The van der Waals surface area contributed by atoms with Gasteiger partial charge in [0.15, 0.2) is 0 Å². The Bertz CT molecular complexity index is 555. The Morgan fingerprint density at radius 2 is 2.13 bits per heavy atom. The number of aryl methyl sites for hydroxylation is 2. The summed E-state index contributed by atoms with van der Waals surface area (Å²) < 4.78 is 1.74. The van der Waals surface area contributed by atoms with Gasteiger partial charge in [-0.25, -0.2) is 0 Å². The van der Waals surface area contributed by atoms with Crippen LogP contribution in [0.4, 0.5) is 0 Å². The van der Waals surface area contributed by atoms with Crippen molar-refractivity contribution in [2.75, 3.05) is 26.2 Å². The first-order valence-electron chi connectivity index (χ1n) is 8.88. The maximum atomic E-state index is 12.6. The Morgan fingerprint density at radius 1 is 1.30 bits per heavy atom. The van der Waals surface area contributed by atoms with Gasteiger partial charge < -0.3 is 10.4 Å². The summed E-state index contributed by atoms with van der Waals surface area (Å²) in [4.78, 5) is 14.8. The van der Waals surface area contributed by atoms with Crippen LogP contribution in [0.3, 0.4) is 0 Å². The van der Waals surface area contributed by atoms with E-state index in [-0.39, 0.29) is 18.6 Å². The van der Waals surface area contributed by atoms with Crippen molar-refractivity contribution in [3.8, 4) is 0 Å². The van der Waals surface area contributed by atoms with Gasteiger partial charge >= 0.3 is 0 Å². The molecular formula is C17H28N4O2. The van der Waals surface area contributed by atoms with Gasteiger partial charge in [-0.2, -0.15) is 5.10 Å². The molecule has 128 valence electrons. The van der Waals surface area contributed by atoms with Gasteiger partial charge in [-0.05, 0) is 45.1 Å². The van der Waals surface area contributed by atoms with Crippen LogP contribution in [-0.4, -0.2) is 58.0 Å². The summed E-state index contributed by atoms with van der Waals surface area (Å²) in [5.74, 6) is -0.0132. The highest BCUT2D eigenvalue weighted by Crippen LogP contribution is 2.23. The third-order valence-electron chi connectivity index (χ3n) is 5.18. The molecule has 1 saturated heterocycles. The molecule has 1 atom stereocenters. The minimum atomic E-state index is -0.0132. The van der Waals surface area contributed by atoms with E-state index < -0.39 is 0 Å². The molecule has 1 aromatic heterocycles. The van der Waals surface area contributed by atoms with Gasteiger partial charge in [-0.15, -0.1) is 0 Å². The van der Waals surface area contributed by atoms with Crippen molar-refractivity contribution in [2.24, 2.45) is 7.05 Å². The maximum absolute atomic E-state index is 12.6. The van der Waals surface area contributed by atoms with Gasteiger partial charge in [0, 0.05) is 31.7 Å². The quantitative estimate of drug-likeness (QED) is 0.845. The van der Waals surface area contributed by atoms with E-state index in [4.69, 9.17) is 0 Å². The molecule has 0 saturated carbocycles. The first-order valence-corrected chi connectivity index (χ1v) is 8.88. The fourth-order valence-corrected chi connectivity index (χ4v) is 3.92. The van der Waals surface area contributed by atoms with Crippen LogP contribution in [0.5, 0.6) is 0 Å². The van der Waals surface area contributed by atoms with E-state index in [9.17, 15) is 9.90 Å². The number of carbonyl (C=O) groups is 1. The fourth-order valence-electron chi connectivity index (χ4n) is 3.92. The summed E-state index contributed by atoms with van der Waals surface area (Å²) in [6, 6.07) is 0.255. The largest absolute Gasteiger partial charge is 0.395 e. The molecule has 0 radical (unpaired) electrons. The van der Waals surface area contributed by atoms with E-state index in [1.165, 1.54) is 19.3 Å². The summed E-state index contributed by atoms with van der Waals surface area (Å²) in [7, 11) is 1.86. The zero-order valence-electron chi connectivity index (χ0n) is 14.1. The molecule has 1 aromatic rings. The lowest BCUT2D eigenvalue weighted by Crippen LogP contribution is -2.45. The third kappa shape index (κ3) is 3.58. The molecule has 2 aliphatic rings. The molecule has 1 amide bonds. The molecule has 6 nitrogen and oxygen atoms in total. The maximum Gasteiger partial charge on any atom is 0.269 e. The number of aliphatic hydroxyl groups is 1. The van der Waals surface area contributed by atoms with Crippen LogP contribution in [-0.2, 0) is 19.9 Å². The number of aliphatic hydroxyl groups excluding tert-OH is 1. The lowest BCUT2D eigenvalue weighted by molar-refractivity contribution is 0.0844. The number of carbonyl (C=O) groups excluding carboxylic acids is 1. The van der Waals surface area contributed by atoms with Crippen molar-refractivity contribution in [2.45, 2.75) is 51.0 Å². The zero-order chi connectivity index (χ0) is 16.2. The first-order chi connectivity index (χ1) is 11.2.